The van der Waals surface area contributed by atoms with Gasteiger partial charge in [0.15, 0.2) is 0 Å². The van der Waals surface area contributed by atoms with Gasteiger partial charge >= 0.3 is 11.9 Å². The summed E-state index contributed by atoms with van der Waals surface area (Å²) in [6.07, 6.45) is 0.774. The SMILES string of the molecule is N#CC(=CC(=O)O)c1ccc(C(=O)O)cc1. The van der Waals surface area contributed by atoms with E-state index < -0.39 is 11.9 Å². The molecular formula is C11H7NO4. The molecule has 2 N–H and O–H groups in total. The van der Waals surface area contributed by atoms with Gasteiger partial charge in [-0.15, -0.1) is 0 Å². The normalized spacial score (nSPS) is 10.6. The Labute approximate surface area is 90.9 Å². The predicted octanol–water partition coefficient (Wildman–Crippen LogP) is 1.38. The van der Waals surface area contributed by atoms with Crippen LogP contribution in [0.2, 0.25) is 0 Å². The highest BCUT2D eigenvalue weighted by atomic mass is 16.4. The largest absolute Gasteiger partial charge is 0.478 e. The van der Waals surface area contributed by atoms with Crippen LogP contribution in [0.4, 0.5) is 0 Å². The first-order valence-corrected chi connectivity index (χ1v) is 4.23. The Bertz CT molecular complexity index is 494. The average molecular weight is 217 g/mol. The molecule has 0 bridgehead atoms. The van der Waals surface area contributed by atoms with Crippen molar-refractivity contribution in [2.24, 2.45) is 0 Å². The Balaban J connectivity index is 3.11. The molecule has 0 radical (unpaired) electrons. The van der Waals surface area contributed by atoms with Gasteiger partial charge in [0, 0.05) is 6.08 Å². The number of carbonyl (C=O) groups is 2. The number of nitriles is 1. The van der Waals surface area contributed by atoms with Gasteiger partial charge < -0.3 is 10.2 Å². The lowest BCUT2D eigenvalue weighted by Crippen LogP contribution is -1.96. The summed E-state index contributed by atoms with van der Waals surface area (Å²) in [6.45, 7) is 0. The summed E-state index contributed by atoms with van der Waals surface area (Å²) in [5.74, 6) is -2.30. The molecule has 5 nitrogen and oxygen atoms in total. The topological polar surface area (TPSA) is 98.4 Å². The van der Waals surface area contributed by atoms with Gasteiger partial charge in [-0.1, -0.05) is 12.1 Å². The van der Waals surface area contributed by atoms with E-state index in [0.29, 0.717) is 5.56 Å². The zero-order valence-electron chi connectivity index (χ0n) is 8.04. The molecule has 0 spiro atoms. The van der Waals surface area contributed by atoms with Crippen molar-refractivity contribution in [3.8, 4) is 6.07 Å². The quantitative estimate of drug-likeness (QED) is 0.588. The molecule has 0 aromatic heterocycles. The fourth-order valence-electron chi connectivity index (χ4n) is 1.10. The van der Waals surface area contributed by atoms with Crippen molar-refractivity contribution < 1.29 is 19.8 Å². The number of hydrogen-bond acceptors (Lipinski definition) is 3. The Morgan fingerprint density at radius 3 is 2.00 bits per heavy atom. The molecule has 80 valence electrons. The molecule has 1 aromatic carbocycles. The minimum atomic E-state index is -1.22. The summed E-state index contributed by atoms with van der Waals surface area (Å²) in [5, 5.41) is 25.8. The maximum Gasteiger partial charge on any atom is 0.335 e. The molecule has 1 aromatic rings. The first-order chi connectivity index (χ1) is 7.54. The van der Waals surface area contributed by atoms with Gasteiger partial charge in [-0.25, -0.2) is 9.59 Å². The minimum Gasteiger partial charge on any atom is -0.478 e. The van der Waals surface area contributed by atoms with Crippen molar-refractivity contribution >= 4 is 17.5 Å². The number of nitrogens with zero attached hydrogens (tertiary/aromatic N) is 1. The van der Waals surface area contributed by atoms with E-state index in [-0.39, 0.29) is 11.1 Å². The van der Waals surface area contributed by atoms with Crippen molar-refractivity contribution in [2.75, 3.05) is 0 Å². The zero-order valence-corrected chi connectivity index (χ0v) is 8.04. The van der Waals surface area contributed by atoms with Crippen molar-refractivity contribution in [1.29, 1.82) is 5.26 Å². The lowest BCUT2D eigenvalue weighted by atomic mass is 10.0. The van der Waals surface area contributed by atoms with E-state index in [9.17, 15) is 9.59 Å². The molecule has 0 saturated carbocycles. The second kappa shape index (κ2) is 4.75. The number of aliphatic carboxylic acids is 1. The molecule has 0 aliphatic heterocycles. The van der Waals surface area contributed by atoms with Crippen LogP contribution >= 0.6 is 0 Å². The van der Waals surface area contributed by atoms with Crippen LogP contribution < -0.4 is 0 Å². The highest BCUT2D eigenvalue weighted by Gasteiger charge is 2.05. The van der Waals surface area contributed by atoms with Crippen LogP contribution in [0.5, 0.6) is 0 Å². The van der Waals surface area contributed by atoms with Crippen molar-refractivity contribution in [2.45, 2.75) is 0 Å². The first-order valence-electron chi connectivity index (χ1n) is 4.23. The van der Waals surface area contributed by atoms with Crippen LogP contribution in [0.1, 0.15) is 15.9 Å². The average Bonchev–Trinajstić information content (AvgIpc) is 2.25. The number of benzene rings is 1. The van der Waals surface area contributed by atoms with Crippen LogP contribution in [0.15, 0.2) is 30.3 Å². The number of rotatable bonds is 3. The molecule has 0 fully saturated rings. The summed E-state index contributed by atoms with van der Waals surface area (Å²) in [6, 6.07) is 7.13. The lowest BCUT2D eigenvalue weighted by Gasteiger charge is -1.98. The van der Waals surface area contributed by atoms with Crippen LogP contribution in [-0.4, -0.2) is 22.2 Å². The maximum absolute atomic E-state index is 10.6. The molecule has 0 atom stereocenters. The Hall–Kier alpha value is -2.61. The third-order valence-corrected chi connectivity index (χ3v) is 1.83. The molecule has 0 aliphatic rings. The minimum absolute atomic E-state index is 0.0237. The summed E-state index contributed by atoms with van der Waals surface area (Å²) < 4.78 is 0. The van der Waals surface area contributed by atoms with Crippen LogP contribution in [0, 0.1) is 11.3 Å². The third-order valence-electron chi connectivity index (χ3n) is 1.83. The summed E-state index contributed by atoms with van der Waals surface area (Å²) in [7, 11) is 0. The van der Waals surface area contributed by atoms with E-state index in [1.165, 1.54) is 24.3 Å². The Morgan fingerprint density at radius 1 is 1.12 bits per heavy atom. The van der Waals surface area contributed by atoms with E-state index in [2.05, 4.69) is 0 Å². The fraction of sp³-hybridized carbons (Fsp3) is 0. The Morgan fingerprint density at radius 2 is 1.62 bits per heavy atom. The smallest absolute Gasteiger partial charge is 0.335 e. The molecule has 0 saturated heterocycles. The molecule has 0 heterocycles. The van der Waals surface area contributed by atoms with E-state index >= 15 is 0 Å². The van der Waals surface area contributed by atoms with Crippen LogP contribution in [-0.2, 0) is 4.79 Å². The fourth-order valence-corrected chi connectivity index (χ4v) is 1.10. The van der Waals surface area contributed by atoms with E-state index in [0.717, 1.165) is 6.08 Å². The van der Waals surface area contributed by atoms with E-state index in [1.807, 2.05) is 0 Å². The van der Waals surface area contributed by atoms with Crippen molar-refractivity contribution in [3.05, 3.63) is 41.5 Å². The number of allylic oxidation sites excluding steroid dienone is 1. The number of carboxylic acids is 2. The van der Waals surface area contributed by atoms with Gasteiger partial charge in [-0.05, 0) is 17.7 Å². The summed E-state index contributed by atoms with van der Waals surface area (Å²) in [4.78, 5) is 21.0. The van der Waals surface area contributed by atoms with Gasteiger partial charge in [0.25, 0.3) is 0 Å². The Kier molecular flexibility index (Phi) is 3.41. The number of aromatic carboxylic acids is 1. The highest BCUT2D eigenvalue weighted by Crippen LogP contribution is 2.14. The van der Waals surface area contributed by atoms with Gasteiger partial charge in [0.05, 0.1) is 11.1 Å². The van der Waals surface area contributed by atoms with Gasteiger partial charge in [0.1, 0.15) is 6.07 Å². The van der Waals surface area contributed by atoms with Crippen molar-refractivity contribution in [1.82, 2.24) is 0 Å². The zero-order chi connectivity index (χ0) is 12.1. The van der Waals surface area contributed by atoms with E-state index in [1.54, 1.807) is 6.07 Å². The highest BCUT2D eigenvalue weighted by molar-refractivity contribution is 5.95. The van der Waals surface area contributed by atoms with Crippen LogP contribution in [0.3, 0.4) is 0 Å². The second-order valence-electron chi connectivity index (χ2n) is 2.89. The lowest BCUT2D eigenvalue weighted by molar-refractivity contribution is -0.131. The van der Waals surface area contributed by atoms with Gasteiger partial charge in [0.2, 0.25) is 0 Å². The molecule has 0 aliphatic carbocycles. The first kappa shape index (κ1) is 11.5. The number of carboxylic acid groups (broad SMARTS) is 2. The van der Waals surface area contributed by atoms with Gasteiger partial charge in [-0.3, -0.25) is 0 Å². The predicted molar refractivity (Wildman–Crippen MR) is 54.6 cm³/mol. The number of hydrogen-bond donors (Lipinski definition) is 2. The van der Waals surface area contributed by atoms with Crippen molar-refractivity contribution in [3.63, 3.8) is 0 Å². The third kappa shape index (κ3) is 2.69. The maximum atomic E-state index is 10.6. The van der Waals surface area contributed by atoms with Gasteiger partial charge in [-0.2, -0.15) is 5.26 Å². The second-order valence-corrected chi connectivity index (χ2v) is 2.89. The monoisotopic (exact) mass is 217 g/mol. The molecule has 0 amide bonds. The molecule has 5 heteroatoms. The molecule has 0 unspecified atom stereocenters. The summed E-state index contributed by atoms with van der Waals surface area (Å²) >= 11 is 0. The summed E-state index contributed by atoms with van der Waals surface area (Å²) in [5.41, 5.74) is 0.427. The molecular weight excluding hydrogens is 210 g/mol. The van der Waals surface area contributed by atoms with Crippen LogP contribution in [0.25, 0.3) is 5.57 Å². The molecule has 1 rings (SSSR count). The standard InChI is InChI=1S/C11H7NO4/c12-6-9(5-10(13)14)7-1-3-8(4-2-7)11(15)16/h1-5H,(H,13,14)(H,15,16). The van der Waals surface area contributed by atoms with E-state index in [4.69, 9.17) is 15.5 Å². The molecule has 16 heavy (non-hydrogen) atoms.